The molecular formula is C23H14N2O3. The molecule has 28 heavy (non-hydrogen) atoms. The molecular weight excluding hydrogens is 352 g/mol. The molecule has 0 bridgehead atoms. The maximum absolute atomic E-state index is 12.9. The van der Waals surface area contributed by atoms with E-state index in [1.165, 1.54) is 0 Å². The third-order valence-corrected chi connectivity index (χ3v) is 4.62. The summed E-state index contributed by atoms with van der Waals surface area (Å²) in [6, 6.07) is 25.4. The normalized spacial score (nSPS) is 13.1. The number of anilines is 1. The summed E-state index contributed by atoms with van der Waals surface area (Å²) >= 11 is 0. The molecule has 0 saturated heterocycles. The molecule has 5 rings (SSSR count). The van der Waals surface area contributed by atoms with Gasteiger partial charge in [-0.3, -0.25) is 9.59 Å². The fourth-order valence-electron chi connectivity index (χ4n) is 3.31. The van der Waals surface area contributed by atoms with Gasteiger partial charge in [0.05, 0.1) is 16.8 Å². The lowest BCUT2D eigenvalue weighted by Gasteiger charge is -2.15. The summed E-state index contributed by atoms with van der Waals surface area (Å²) in [4.78, 5) is 31.4. The Kier molecular flexibility index (Phi) is 3.66. The van der Waals surface area contributed by atoms with Crippen molar-refractivity contribution in [1.82, 2.24) is 4.98 Å². The Morgan fingerprint density at radius 2 is 1.46 bits per heavy atom. The maximum Gasteiger partial charge on any atom is 0.284 e. The molecule has 1 aliphatic rings. The average Bonchev–Trinajstić information content (AvgIpc) is 2.97. The van der Waals surface area contributed by atoms with E-state index in [9.17, 15) is 9.59 Å². The summed E-state index contributed by atoms with van der Waals surface area (Å²) in [5.41, 5.74) is 1.63. The number of rotatable bonds is 3. The summed E-state index contributed by atoms with van der Waals surface area (Å²) in [7, 11) is 0. The summed E-state index contributed by atoms with van der Waals surface area (Å²) < 4.78 is 5.82. The van der Waals surface area contributed by atoms with Crippen molar-refractivity contribution in [2.75, 3.05) is 4.90 Å². The first-order valence-corrected chi connectivity index (χ1v) is 8.82. The van der Waals surface area contributed by atoms with Gasteiger partial charge < -0.3 is 4.74 Å². The fraction of sp³-hybridized carbons (Fsp3) is 0. The number of carbonyl (C=O) groups is 2. The lowest BCUT2D eigenvalue weighted by atomic mass is 10.1. The standard InChI is InChI=1S/C23H14N2O3/c26-22-19-13-15-7-4-5-12-20(15)24-21(19)23(27)25(22)16-8-6-11-18(14-16)28-17-9-2-1-3-10-17/h1-14H. The zero-order valence-electron chi connectivity index (χ0n) is 14.7. The Morgan fingerprint density at radius 3 is 2.32 bits per heavy atom. The third kappa shape index (κ3) is 2.61. The summed E-state index contributed by atoms with van der Waals surface area (Å²) in [5, 5.41) is 0.824. The number of hydrogen-bond donors (Lipinski definition) is 0. The van der Waals surface area contributed by atoms with Crippen LogP contribution in [0, 0.1) is 0 Å². The molecule has 5 nitrogen and oxygen atoms in total. The highest BCUT2D eigenvalue weighted by atomic mass is 16.5. The zero-order chi connectivity index (χ0) is 19.1. The molecule has 0 radical (unpaired) electrons. The van der Waals surface area contributed by atoms with Crippen LogP contribution in [0.2, 0.25) is 0 Å². The molecule has 0 spiro atoms. The van der Waals surface area contributed by atoms with Crippen LogP contribution >= 0.6 is 0 Å². The Labute approximate surface area is 160 Å². The third-order valence-electron chi connectivity index (χ3n) is 4.62. The molecule has 0 fully saturated rings. The number of aromatic nitrogens is 1. The van der Waals surface area contributed by atoms with Gasteiger partial charge in [-0.2, -0.15) is 0 Å². The first kappa shape index (κ1) is 16.2. The van der Waals surface area contributed by atoms with E-state index in [1.54, 1.807) is 30.3 Å². The lowest BCUT2D eigenvalue weighted by Crippen LogP contribution is -2.29. The monoisotopic (exact) mass is 366 g/mol. The molecule has 0 atom stereocenters. The summed E-state index contributed by atoms with van der Waals surface area (Å²) in [5.74, 6) is 0.408. The second kappa shape index (κ2) is 6.32. The minimum atomic E-state index is -0.428. The predicted octanol–water partition coefficient (Wildman–Crippen LogP) is 4.83. The van der Waals surface area contributed by atoms with E-state index in [2.05, 4.69) is 4.98 Å². The predicted molar refractivity (Wildman–Crippen MR) is 106 cm³/mol. The second-order valence-electron chi connectivity index (χ2n) is 6.44. The van der Waals surface area contributed by atoms with Gasteiger partial charge in [0.25, 0.3) is 11.8 Å². The van der Waals surface area contributed by atoms with Crippen molar-refractivity contribution in [3.63, 3.8) is 0 Å². The number of carbonyl (C=O) groups excluding carboxylic acids is 2. The molecule has 4 aromatic rings. The van der Waals surface area contributed by atoms with Crippen molar-refractivity contribution in [1.29, 1.82) is 0 Å². The molecule has 1 aromatic heterocycles. The topological polar surface area (TPSA) is 59.5 Å². The van der Waals surface area contributed by atoms with E-state index in [0.717, 1.165) is 10.3 Å². The van der Waals surface area contributed by atoms with E-state index in [-0.39, 0.29) is 11.6 Å². The molecule has 0 unspecified atom stereocenters. The number of imide groups is 1. The number of hydrogen-bond acceptors (Lipinski definition) is 4. The van der Waals surface area contributed by atoms with Crippen LogP contribution in [0.3, 0.4) is 0 Å². The van der Waals surface area contributed by atoms with Gasteiger partial charge in [-0.1, -0.05) is 42.5 Å². The first-order chi connectivity index (χ1) is 13.7. The summed E-state index contributed by atoms with van der Waals surface area (Å²) in [6.45, 7) is 0. The molecule has 3 aromatic carbocycles. The van der Waals surface area contributed by atoms with Crippen LogP contribution in [-0.2, 0) is 0 Å². The molecule has 134 valence electrons. The van der Waals surface area contributed by atoms with E-state index in [4.69, 9.17) is 4.74 Å². The Bertz CT molecular complexity index is 1180. The van der Waals surface area contributed by atoms with Crippen LogP contribution in [-0.4, -0.2) is 16.8 Å². The Balaban J connectivity index is 1.53. The first-order valence-electron chi connectivity index (χ1n) is 8.82. The number of pyridine rings is 1. The number of benzene rings is 3. The molecule has 1 aliphatic heterocycles. The highest BCUT2D eigenvalue weighted by Crippen LogP contribution is 2.32. The average molecular weight is 366 g/mol. The molecule has 5 heteroatoms. The second-order valence-corrected chi connectivity index (χ2v) is 6.44. The molecule has 0 saturated carbocycles. The van der Waals surface area contributed by atoms with Crippen LogP contribution < -0.4 is 9.64 Å². The number of amides is 2. The number of ether oxygens (including phenoxy) is 1. The number of fused-ring (bicyclic) bond motifs is 2. The van der Waals surface area contributed by atoms with Crippen molar-refractivity contribution in [2.45, 2.75) is 0 Å². The quantitative estimate of drug-likeness (QED) is 0.487. The van der Waals surface area contributed by atoms with E-state index in [0.29, 0.717) is 28.3 Å². The van der Waals surface area contributed by atoms with Crippen LogP contribution in [0.5, 0.6) is 11.5 Å². The van der Waals surface area contributed by atoms with Crippen molar-refractivity contribution in [3.05, 3.63) is 96.2 Å². The van der Waals surface area contributed by atoms with Gasteiger partial charge in [0.15, 0.2) is 0 Å². The lowest BCUT2D eigenvalue weighted by molar-refractivity contribution is 0.0925. The highest BCUT2D eigenvalue weighted by Gasteiger charge is 2.38. The minimum Gasteiger partial charge on any atom is -0.457 e. The van der Waals surface area contributed by atoms with Crippen LogP contribution in [0.25, 0.3) is 10.9 Å². The van der Waals surface area contributed by atoms with Gasteiger partial charge in [0.2, 0.25) is 0 Å². The maximum atomic E-state index is 12.9. The number of para-hydroxylation sites is 2. The van der Waals surface area contributed by atoms with Gasteiger partial charge in [0.1, 0.15) is 17.2 Å². The van der Waals surface area contributed by atoms with Gasteiger partial charge in [-0.25, -0.2) is 9.88 Å². The Morgan fingerprint density at radius 1 is 0.714 bits per heavy atom. The Hall–Kier alpha value is -3.99. The van der Waals surface area contributed by atoms with Crippen LogP contribution in [0.1, 0.15) is 20.8 Å². The summed E-state index contributed by atoms with van der Waals surface area (Å²) in [6.07, 6.45) is 0. The largest absolute Gasteiger partial charge is 0.457 e. The van der Waals surface area contributed by atoms with E-state index in [1.807, 2.05) is 54.6 Å². The zero-order valence-corrected chi connectivity index (χ0v) is 14.7. The molecule has 0 aliphatic carbocycles. The number of nitrogens with zero attached hydrogens (tertiary/aromatic N) is 2. The SMILES string of the molecule is O=C1c2cc3ccccc3nc2C(=O)N1c1cccc(Oc2ccccc2)c1. The highest BCUT2D eigenvalue weighted by molar-refractivity contribution is 6.34. The van der Waals surface area contributed by atoms with Gasteiger partial charge in [-0.15, -0.1) is 0 Å². The molecule has 0 N–H and O–H groups in total. The van der Waals surface area contributed by atoms with Crippen LogP contribution in [0.4, 0.5) is 5.69 Å². The van der Waals surface area contributed by atoms with Crippen molar-refractivity contribution in [3.8, 4) is 11.5 Å². The smallest absolute Gasteiger partial charge is 0.284 e. The van der Waals surface area contributed by atoms with E-state index < -0.39 is 5.91 Å². The molecule has 2 heterocycles. The minimum absolute atomic E-state index is 0.179. The van der Waals surface area contributed by atoms with E-state index >= 15 is 0 Å². The van der Waals surface area contributed by atoms with Crippen LogP contribution in [0.15, 0.2) is 84.9 Å². The fourth-order valence-corrected chi connectivity index (χ4v) is 3.31. The van der Waals surface area contributed by atoms with Gasteiger partial charge in [0, 0.05) is 11.5 Å². The van der Waals surface area contributed by atoms with Crippen molar-refractivity contribution >= 4 is 28.4 Å². The van der Waals surface area contributed by atoms with Crippen molar-refractivity contribution < 1.29 is 14.3 Å². The van der Waals surface area contributed by atoms with Gasteiger partial charge in [-0.05, 0) is 36.4 Å². The molecule has 2 amide bonds. The van der Waals surface area contributed by atoms with Gasteiger partial charge >= 0.3 is 0 Å². The van der Waals surface area contributed by atoms with Crippen molar-refractivity contribution in [2.24, 2.45) is 0 Å².